The standard InChI is InChI=1S/C18H31N3/c1-4-8-17-10-5-6-12-21(17)18-16(9-7-11-20-18)14-19-13-15(2)3/h7,9,11,15,17,19H,4-6,8,10,12-14H2,1-3H3. The van der Waals surface area contributed by atoms with E-state index in [0.717, 1.165) is 13.1 Å². The van der Waals surface area contributed by atoms with E-state index >= 15 is 0 Å². The largest absolute Gasteiger partial charge is 0.353 e. The third-order valence-corrected chi connectivity index (χ3v) is 4.26. The highest BCUT2D eigenvalue weighted by atomic mass is 15.2. The predicted octanol–water partition coefficient (Wildman–Crippen LogP) is 3.99. The fraction of sp³-hybridized carbons (Fsp3) is 0.722. The zero-order chi connectivity index (χ0) is 15.1. The molecule has 0 spiro atoms. The van der Waals surface area contributed by atoms with Crippen LogP contribution in [0.3, 0.4) is 0 Å². The Morgan fingerprint density at radius 3 is 3.00 bits per heavy atom. The Labute approximate surface area is 130 Å². The molecule has 1 aromatic heterocycles. The van der Waals surface area contributed by atoms with Crippen LogP contribution in [0, 0.1) is 5.92 Å². The number of hydrogen-bond acceptors (Lipinski definition) is 3. The number of nitrogens with zero attached hydrogens (tertiary/aromatic N) is 2. The van der Waals surface area contributed by atoms with Gasteiger partial charge in [-0.1, -0.05) is 33.3 Å². The lowest BCUT2D eigenvalue weighted by atomic mass is 9.97. The summed E-state index contributed by atoms with van der Waals surface area (Å²) in [5.74, 6) is 1.90. The number of hydrogen-bond donors (Lipinski definition) is 1. The molecule has 0 amide bonds. The monoisotopic (exact) mass is 289 g/mol. The third-order valence-electron chi connectivity index (χ3n) is 4.26. The van der Waals surface area contributed by atoms with Crippen molar-refractivity contribution in [3.05, 3.63) is 23.9 Å². The van der Waals surface area contributed by atoms with Gasteiger partial charge in [0, 0.05) is 30.9 Å². The normalized spacial score (nSPS) is 19.2. The number of pyridine rings is 1. The fourth-order valence-electron chi connectivity index (χ4n) is 3.24. The number of nitrogens with one attached hydrogen (secondary N) is 1. The Hall–Kier alpha value is -1.09. The van der Waals surface area contributed by atoms with Crippen LogP contribution in [0.5, 0.6) is 0 Å². The van der Waals surface area contributed by atoms with Crippen LogP contribution in [0.25, 0.3) is 0 Å². The van der Waals surface area contributed by atoms with Gasteiger partial charge in [-0.05, 0) is 44.2 Å². The SMILES string of the molecule is CCCC1CCCCN1c1ncccc1CNCC(C)C. The molecule has 2 rings (SSSR count). The van der Waals surface area contributed by atoms with E-state index in [1.807, 2.05) is 6.20 Å². The summed E-state index contributed by atoms with van der Waals surface area (Å²) in [6.07, 6.45) is 8.48. The topological polar surface area (TPSA) is 28.2 Å². The fourth-order valence-corrected chi connectivity index (χ4v) is 3.24. The summed E-state index contributed by atoms with van der Waals surface area (Å²) in [6.45, 7) is 9.94. The lowest BCUT2D eigenvalue weighted by Gasteiger charge is -2.37. The first-order valence-corrected chi connectivity index (χ1v) is 8.63. The van der Waals surface area contributed by atoms with E-state index in [-0.39, 0.29) is 0 Å². The molecule has 3 heteroatoms. The highest BCUT2D eigenvalue weighted by Crippen LogP contribution is 2.28. The minimum atomic E-state index is 0.683. The van der Waals surface area contributed by atoms with Gasteiger partial charge >= 0.3 is 0 Å². The molecule has 0 radical (unpaired) electrons. The van der Waals surface area contributed by atoms with Gasteiger partial charge in [0.25, 0.3) is 0 Å². The van der Waals surface area contributed by atoms with Crippen molar-refractivity contribution >= 4 is 5.82 Å². The van der Waals surface area contributed by atoms with E-state index in [0.29, 0.717) is 12.0 Å². The summed E-state index contributed by atoms with van der Waals surface area (Å²) in [7, 11) is 0. The van der Waals surface area contributed by atoms with Gasteiger partial charge in [-0.3, -0.25) is 0 Å². The van der Waals surface area contributed by atoms with Gasteiger partial charge in [0.1, 0.15) is 5.82 Å². The van der Waals surface area contributed by atoms with E-state index in [9.17, 15) is 0 Å². The summed E-state index contributed by atoms with van der Waals surface area (Å²) < 4.78 is 0. The van der Waals surface area contributed by atoms with E-state index in [4.69, 9.17) is 4.98 Å². The second-order valence-electron chi connectivity index (χ2n) is 6.64. The predicted molar refractivity (Wildman–Crippen MR) is 90.7 cm³/mol. The molecule has 0 aliphatic carbocycles. The Morgan fingerprint density at radius 2 is 2.24 bits per heavy atom. The quantitative estimate of drug-likeness (QED) is 0.822. The van der Waals surface area contributed by atoms with Crippen LogP contribution >= 0.6 is 0 Å². The van der Waals surface area contributed by atoms with E-state index in [1.165, 1.54) is 50.0 Å². The van der Waals surface area contributed by atoms with Crippen molar-refractivity contribution in [2.24, 2.45) is 5.92 Å². The first kappa shape index (κ1) is 16.3. The minimum Gasteiger partial charge on any atom is -0.353 e. The first-order chi connectivity index (χ1) is 10.2. The van der Waals surface area contributed by atoms with Crippen molar-refractivity contribution in [2.45, 2.75) is 65.5 Å². The molecule has 21 heavy (non-hydrogen) atoms. The van der Waals surface area contributed by atoms with Crippen molar-refractivity contribution < 1.29 is 0 Å². The highest BCUT2D eigenvalue weighted by Gasteiger charge is 2.24. The van der Waals surface area contributed by atoms with Crippen LogP contribution in [-0.4, -0.2) is 24.1 Å². The van der Waals surface area contributed by atoms with Gasteiger partial charge in [0.2, 0.25) is 0 Å². The molecule has 3 nitrogen and oxygen atoms in total. The molecule has 1 unspecified atom stereocenters. The number of piperidine rings is 1. The second-order valence-corrected chi connectivity index (χ2v) is 6.64. The zero-order valence-electron chi connectivity index (χ0n) is 13.9. The van der Waals surface area contributed by atoms with Crippen LogP contribution in [0.4, 0.5) is 5.82 Å². The molecule has 0 saturated carbocycles. The summed E-state index contributed by atoms with van der Waals surface area (Å²) in [5.41, 5.74) is 1.35. The first-order valence-electron chi connectivity index (χ1n) is 8.63. The van der Waals surface area contributed by atoms with Crippen LogP contribution in [0.2, 0.25) is 0 Å². The molecule has 1 saturated heterocycles. The average Bonchev–Trinajstić information content (AvgIpc) is 2.48. The second kappa shape index (κ2) is 8.38. The average molecular weight is 289 g/mol. The van der Waals surface area contributed by atoms with Crippen molar-refractivity contribution in [1.29, 1.82) is 0 Å². The van der Waals surface area contributed by atoms with Gasteiger partial charge in [0.05, 0.1) is 0 Å². The number of anilines is 1. The van der Waals surface area contributed by atoms with E-state index in [1.54, 1.807) is 0 Å². The van der Waals surface area contributed by atoms with Crippen molar-refractivity contribution in [3.63, 3.8) is 0 Å². The lowest BCUT2D eigenvalue weighted by Crippen LogP contribution is -2.40. The molecule has 1 aliphatic rings. The molecule has 2 heterocycles. The summed E-state index contributed by atoms with van der Waals surface area (Å²) in [4.78, 5) is 7.29. The Morgan fingerprint density at radius 1 is 1.38 bits per heavy atom. The molecule has 1 atom stereocenters. The third kappa shape index (κ3) is 4.70. The molecule has 118 valence electrons. The van der Waals surface area contributed by atoms with Crippen molar-refractivity contribution in [3.8, 4) is 0 Å². The molecule has 1 fully saturated rings. The number of rotatable bonds is 7. The Balaban J connectivity index is 2.09. The Kier molecular flexibility index (Phi) is 6.50. The summed E-state index contributed by atoms with van der Waals surface area (Å²) in [5, 5.41) is 3.56. The molecule has 1 aliphatic heterocycles. The molecular weight excluding hydrogens is 258 g/mol. The van der Waals surface area contributed by atoms with Crippen LogP contribution in [-0.2, 0) is 6.54 Å². The van der Waals surface area contributed by atoms with Crippen LogP contribution < -0.4 is 10.2 Å². The molecule has 0 aromatic carbocycles. The van der Waals surface area contributed by atoms with Gasteiger partial charge in [-0.15, -0.1) is 0 Å². The van der Waals surface area contributed by atoms with Gasteiger partial charge in [0.15, 0.2) is 0 Å². The maximum absolute atomic E-state index is 4.72. The number of aromatic nitrogens is 1. The molecule has 1 N–H and O–H groups in total. The minimum absolute atomic E-state index is 0.683. The van der Waals surface area contributed by atoms with Crippen molar-refractivity contribution in [1.82, 2.24) is 10.3 Å². The lowest BCUT2D eigenvalue weighted by molar-refractivity contribution is 0.430. The summed E-state index contributed by atoms with van der Waals surface area (Å²) >= 11 is 0. The van der Waals surface area contributed by atoms with Gasteiger partial charge in [-0.2, -0.15) is 0 Å². The van der Waals surface area contributed by atoms with Crippen LogP contribution in [0.15, 0.2) is 18.3 Å². The van der Waals surface area contributed by atoms with E-state index in [2.05, 4.69) is 43.1 Å². The highest BCUT2D eigenvalue weighted by molar-refractivity contribution is 5.48. The maximum atomic E-state index is 4.72. The van der Waals surface area contributed by atoms with E-state index < -0.39 is 0 Å². The van der Waals surface area contributed by atoms with Gasteiger partial charge < -0.3 is 10.2 Å². The Bertz CT molecular complexity index is 415. The molecular formula is C18H31N3. The van der Waals surface area contributed by atoms with Crippen LogP contribution in [0.1, 0.15) is 58.4 Å². The smallest absolute Gasteiger partial charge is 0.133 e. The maximum Gasteiger partial charge on any atom is 0.133 e. The zero-order valence-corrected chi connectivity index (χ0v) is 13.9. The molecule has 1 aromatic rings. The van der Waals surface area contributed by atoms with Crippen molar-refractivity contribution in [2.75, 3.05) is 18.0 Å². The van der Waals surface area contributed by atoms with Gasteiger partial charge in [-0.25, -0.2) is 4.98 Å². The summed E-state index contributed by atoms with van der Waals surface area (Å²) in [6, 6.07) is 4.98. The molecule has 0 bridgehead atoms.